The Labute approximate surface area is 206 Å². The Kier molecular flexibility index (Phi) is 6.15. The summed E-state index contributed by atoms with van der Waals surface area (Å²) in [5.74, 6) is -4.97. The van der Waals surface area contributed by atoms with Crippen LogP contribution in [0.15, 0.2) is 48.5 Å². The van der Waals surface area contributed by atoms with E-state index in [1.165, 1.54) is 40.0 Å². The molecule has 0 saturated carbocycles. The second kappa shape index (κ2) is 8.85. The van der Waals surface area contributed by atoms with Crippen molar-refractivity contribution < 1.29 is 37.8 Å². The first-order valence-corrected chi connectivity index (χ1v) is 11.3. The first kappa shape index (κ1) is 25.0. The summed E-state index contributed by atoms with van der Waals surface area (Å²) in [7, 11) is 1.47. The Morgan fingerprint density at radius 2 is 1.56 bits per heavy atom. The number of likely N-dealkylation sites (tertiary alicyclic amines) is 1. The van der Waals surface area contributed by atoms with Crippen LogP contribution >= 0.6 is 0 Å². The number of rotatable bonds is 5. The number of ether oxygens (including phenoxy) is 2. The molecule has 2 unspecified atom stereocenters. The first-order valence-electron chi connectivity index (χ1n) is 11.3. The minimum Gasteiger partial charge on any atom is -0.497 e. The number of esters is 1. The van der Waals surface area contributed by atoms with Gasteiger partial charge in [0.05, 0.1) is 24.8 Å². The number of carbonyl (C=O) groups is 5. The highest BCUT2D eigenvalue weighted by molar-refractivity contribution is 6.24. The monoisotopic (exact) mass is 496 g/mol. The van der Waals surface area contributed by atoms with Gasteiger partial charge in [-0.15, -0.1) is 0 Å². The van der Waals surface area contributed by atoms with E-state index in [9.17, 15) is 24.0 Å². The van der Waals surface area contributed by atoms with E-state index in [0.29, 0.717) is 21.1 Å². The van der Waals surface area contributed by atoms with E-state index in [4.69, 9.17) is 9.47 Å². The number of methoxy groups -OCH3 is 1. The van der Waals surface area contributed by atoms with Gasteiger partial charge in [0.1, 0.15) is 17.4 Å². The van der Waals surface area contributed by atoms with Gasteiger partial charge in [-0.3, -0.25) is 29.0 Å². The topological polar surface area (TPSA) is 110 Å². The number of imide groups is 2. The molecule has 2 aromatic carbocycles. The van der Waals surface area contributed by atoms with E-state index in [0.717, 1.165) is 0 Å². The Balaban J connectivity index is 1.75. The Morgan fingerprint density at radius 1 is 1.00 bits per heavy atom. The number of amides is 4. The lowest BCUT2D eigenvalue weighted by Crippen LogP contribution is -2.66. The summed E-state index contributed by atoms with van der Waals surface area (Å²) in [6.45, 7) is 4.12. The van der Waals surface area contributed by atoms with Crippen LogP contribution in [-0.4, -0.2) is 63.8 Å². The maximum absolute atomic E-state index is 16.3. The molecule has 0 aromatic heterocycles. The van der Waals surface area contributed by atoms with Crippen LogP contribution in [0.4, 0.5) is 4.39 Å². The second-order valence-corrected chi connectivity index (χ2v) is 9.63. The van der Waals surface area contributed by atoms with Crippen LogP contribution in [0.25, 0.3) is 0 Å². The molecule has 36 heavy (non-hydrogen) atoms. The number of benzene rings is 2. The van der Waals surface area contributed by atoms with Crippen molar-refractivity contribution in [1.82, 2.24) is 9.80 Å². The van der Waals surface area contributed by atoms with Crippen molar-refractivity contribution in [2.45, 2.75) is 51.0 Å². The zero-order chi connectivity index (χ0) is 26.4. The fraction of sp³-hybridized carbons (Fsp3) is 0.346. The van der Waals surface area contributed by atoms with E-state index in [1.54, 1.807) is 36.4 Å². The molecule has 0 aliphatic carbocycles. The van der Waals surface area contributed by atoms with Crippen molar-refractivity contribution in [2.75, 3.05) is 7.11 Å². The van der Waals surface area contributed by atoms with E-state index in [1.807, 2.05) is 0 Å². The SMILES string of the molecule is COc1ccc(CN2C(=O)C(N3C(=O)c4ccccc4C3=O)CC(F)(C(=O)OC(C)(C)C)C2=O)cc1. The minimum atomic E-state index is -3.30. The molecule has 10 heteroatoms. The van der Waals surface area contributed by atoms with Gasteiger partial charge in [-0.2, -0.15) is 0 Å². The summed E-state index contributed by atoms with van der Waals surface area (Å²) in [5.41, 5.74) is -3.89. The molecular weight excluding hydrogens is 471 g/mol. The summed E-state index contributed by atoms with van der Waals surface area (Å²) >= 11 is 0. The van der Waals surface area contributed by atoms with Crippen LogP contribution < -0.4 is 4.74 Å². The third-order valence-electron chi connectivity index (χ3n) is 5.97. The van der Waals surface area contributed by atoms with E-state index in [2.05, 4.69) is 0 Å². The zero-order valence-electron chi connectivity index (χ0n) is 20.2. The van der Waals surface area contributed by atoms with Crippen LogP contribution in [0.3, 0.4) is 0 Å². The molecule has 2 aromatic rings. The molecule has 4 amide bonds. The predicted molar refractivity (Wildman–Crippen MR) is 124 cm³/mol. The lowest BCUT2D eigenvalue weighted by Gasteiger charge is -2.41. The molecule has 188 valence electrons. The van der Waals surface area contributed by atoms with Gasteiger partial charge in [0.15, 0.2) is 0 Å². The maximum Gasteiger partial charge on any atom is 0.354 e. The molecule has 9 nitrogen and oxygen atoms in total. The number of alkyl halides is 1. The average molecular weight is 496 g/mol. The minimum absolute atomic E-state index is 0.0515. The van der Waals surface area contributed by atoms with Gasteiger partial charge in [-0.25, -0.2) is 9.18 Å². The van der Waals surface area contributed by atoms with Gasteiger partial charge < -0.3 is 9.47 Å². The quantitative estimate of drug-likeness (QED) is 0.356. The molecule has 0 spiro atoms. The van der Waals surface area contributed by atoms with Crippen molar-refractivity contribution >= 4 is 29.6 Å². The lowest BCUT2D eigenvalue weighted by atomic mass is 9.88. The molecule has 2 heterocycles. The molecule has 0 radical (unpaired) electrons. The highest BCUT2D eigenvalue weighted by Gasteiger charge is 2.62. The van der Waals surface area contributed by atoms with E-state index >= 15 is 4.39 Å². The van der Waals surface area contributed by atoms with E-state index < -0.39 is 59.9 Å². The van der Waals surface area contributed by atoms with Gasteiger partial charge in [-0.05, 0) is 50.6 Å². The van der Waals surface area contributed by atoms with Gasteiger partial charge >= 0.3 is 5.97 Å². The summed E-state index contributed by atoms with van der Waals surface area (Å²) in [6.07, 6.45) is -1.04. The Bertz CT molecular complexity index is 1230. The number of piperidine rings is 1. The summed E-state index contributed by atoms with van der Waals surface area (Å²) < 4.78 is 26.6. The van der Waals surface area contributed by atoms with Gasteiger partial charge in [0, 0.05) is 6.42 Å². The Hall–Kier alpha value is -4.08. The van der Waals surface area contributed by atoms with Crippen molar-refractivity contribution in [2.24, 2.45) is 0 Å². The number of fused-ring (bicyclic) bond motifs is 1. The lowest BCUT2D eigenvalue weighted by molar-refractivity contribution is -0.184. The molecule has 2 atom stereocenters. The maximum atomic E-state index is 16.3. The number of hydrogen-bond donors (Lipinski definition) is 0. The molecule has 4 rings (SSSR count). The number of nitrogens with zero attached hydrogens (tertiary/aromatic N) is 2. The van der Waals surface area contributed by atoms with Crippen molar-refractivity contribution in [3.8, 4) is 5.75 Å². The number of hydrogen-bond acceptors (Lipinski definition) is 7. The standard InChI is InChI=1S/C26H25FN2O7/c1-25(2,3)36-24(34)26(27)13-19(29-20(30)17-7-5-6-8-18(17)21(29)31)22(32)28(23(26)33)14-15-9-11-16(35-4)12-10-15/h5-12,19H,13-14H2,1-4H3. The average Bonchev–Trinajstić information content (AvgIpc) is 3.08. The van der Waals surface area contributed by atoms with Crippen molar-refractivity contribution in [3.63, 3.8) is 0 Å². The van der Waals surface area contributed by atoms with Gasteiger partial charge in [0.2, 0.25) is 0 Å². The molecule has 1 saturated heterocycles. The fourth-order valence-corrected chi connectivity index (χ4v) is 4.22. The number of halogens is 1. The third-order valence-corrected chi connectivity index (χ3v) is 5.97. The van der Waals surface area contributed by atoms with Gasteiger partial charge in [-0.1, -0.05) is 24.3 Å². The fourth-order valence-electron chi connectivity index (χ4n) is 4.22. The normalized spacial score (nSPS) is 22.1. The molecular formula is C26H25FN2O7. The first-order chi connectivity index (χ1) is 16.9. The van der Waals surface area contributed by atoms with Crippen LogP contribution in [0.2, 0.25) is 0 Å². The van der Waals surface area contributed by atoms with Crippen LogP contribution in [0.5, 0.6) is 5.75 Å². The molecule has 0 bridgehead atoms. The third kappa shape index (κ3) is 4.23. The molecule has 0 N–H and O–H groups in total. The predicted octanol–water partition coefficient (Wildman–Crippen LogP) is 2.67. The summed E-state index contributed by atoms with van der Waals surface area (Å²) in [5, 5.41) is 0. The zero-order valence-corrected chi connectivity index (χ0v) is 20.2. The molecule has 1 fully saturated rings. The highest BCUT2D eigenvalue weighted by atomic mass is 19.1. The van der Waals surface area contributed by atoms with Crippen LogP contribution in [0.1, 0.15) is 53.5 Å². The van der Waals surface area contributed by atoms with Crippen molar-refractivity contribution in [1.29, 1.82) is 0 Å². The smallest absolute Gasteiger partial charge is 0.354 e. The molecule has 2 aliphatic heterocycles. The second-order valence-electron chi connectivity index (χ2n) is 9.63. The summed E-state index contributed by atoms with van der Waals surface area (Å²) in [4.78, 5) is 67.0. The van der Waals surface area contributed by atoms with Gasteiger partial charge in [0.25, 0.3) is 29.3 Å². The van der Waals surface area contributed by atoms with Crippen molar-refractivity contribution in [3.05, 3.63) is 65.2 Å². The Morgan fingerprint density at radius 3 is 2.06 bits per heavy atom. The number of carbonyl (C=O) groups excluding carboxylic acids is 5. The summed E-state index contributed by atoms with van der Waals surface area (Å²) in [6, 6.07) is 10.5. The highest BCUT2D eigenvalue weighted by Crippen LogP contribution is 2.37. The van der Waals surface area contributed by atoms with Crippen LogP contribution in [-0.2, 0) is 25.7 Å². The van der Waals surface area contributed by atoms with E-state index in [-0.39, 0.29) is 11.1 Å². The molecule has 2 aliphatic rings. The van der Waals surface area contributed by atoms with Crippen LogP contribution in [0, 0.1) is 0 Å². The largest absolute Gasteiger partial charge is 0.497 e.